The lowest BCUT2D eigenvalue weighted by atomic mass is 9.99. The van der Waals surface area contributed by atoms with Crippen molar-refractivity contribution in [3.63, 3.8) is 0 Å². The first kappa shape index (κ1) is 22.4. The van der Waals surface area contributed by atoms with Gasteiger partial charge in [-0.3, -0.25) is 9.78 Å². The lowest BCUT2D eigenvalue weighted by Gasteiger charge is -2.33. The number of rotatable bonds is 5. The van der Waals surface area contributed by atoms with Gasteiger partial charge in [0, 0.05) is 44.0 Å². The van der Waals surface area contributed by atoms with E-state index in [0.717, 1.165) is 16.5 Å². The van der Waals surface area contributed by atoms with Crippen LogP contribution in [0.1, 0.15) is 35.1 Å². The molecular formula is C23H28N4O4S. The molecule has 1 fully saturated rings. The monoisotopic (exact) mass is 456 g/mol. The van der Waals surface area contributed by atoms with E-state index in [4.69, 9.17) is 0 Å². The zero-order valence-electron chi connectivity index (χ0n) is 18.4. The third-order valence-electron chi connectivity index (χ3n) is 6.34. The molecule has 2 N–H and O–H groups in total. The number of benzene rings is 1. The first-order valence-electron chi connectivity index (χ1n) is 10.7. The minimum absolute atomic E-state index is 0.128. The fraction of sp³-hybridized carbons (Fsp3) is 0.391. The van der Waals surface area contributed by atoms with Gasteiger partial charge in [-0.15, -0.1) is 0 Å². The van der Waals surface area contributed by atoms with Gasteiger partial charge < -0.3 is 15.0 Å². The number of aromatic nitrogens is 2. The molecule has 0 spiro atoms. The van der Waals surface area contributed by atoms with Crippen LogP contribution < -0.4 is 5.32 Å². The molecule has 1 saturated heterocycles. The second kappa shape index (κ2) is 8.65. The Kier molecular flexibility index (Phi) is 6.07. The number of fused-ring (bicyclic) bond motifs is 1. The molecule has 3 heterocycles. The Morgan fingerprint density at radius 2 is 2.06 bits per heavy atom. The van der Waals surface area contributed by atoms with Gasteiger partial charge in [0.25, 0.3) is 5.91 Å². The van der Waals surface area contributed by atoms with E-state index >= 15 is 0 Å². The number of nitrogens with one attached hydrogen (secondary N) is 1. The normalized spacial score (nSPS) is 19.9. The van der Waals surface area contributed by atoms with Crippen LogP contribution in [0.25, 0.3) is 10.9 Å². The molecule has 0 bridgehead atoms. The highest BCUT2D eigenvalue weighted by Crippen LogP contribution is 2.27. The molecule has 1 unspecified atom stereocenters. The molecule has 2 atom stereocenters. The first-order valence-corrected chi connectivity index (χ1v) is 12.1. The number of pyridine rings is 1. The minimum atomic E-state index is -3.77. The molecule has 0 saturated carbocycles. The van der Waals surface area contributed by atoms with Gasteiger partial charge in [0.1, 0.15) is 10.6 Å². The zero-order chi connectivity index (χ0) is 23.0. The molecule has 2 aromatic heterocycles. The van der Waals surface area contributed by atoms with Gasteiger partial charge in [-0.05, 0) is 43.0 Å². The summed E-state index contributed by atoms with van der Waals surface area (Å²) in [6, 6.07) is 11.0. The van der Waals surface area contributed by atoms with Crippen molar-refractivity contribution in [2.45, 2.75) is 37.8 Å². The van der Waals surface area contributed by atoms with Gasteiger partial charge in [0.15, 0.2) is 0 Å². The van der Waals surface area contributed by atoms with E-state index < -0.39 is 16.1 Å². The number of carbonyl (C=O) groups is 1. The average molecular weight is 457 g/mol. The Morgan fingerprint density at radius 1 is 1.28 bits per heavy atom. The summed E-state index contributed by atoms with van der Waals surface area (Å²) >= 11 is 0. The number of sulfonamides is 1. The van der Waals surface area contributed by atoms with Crippen molar-refractivity contribution in [3.8, 4) is 0 Å². The molecule has 1 aliphatic rings. The molecule has 4 rings (SSSR count). The third-order valence-corrected chi connectivity index (χ3v) is 8.32. The molecule has 1 aliphatic heterocycles. The van der Waals surface area contributed by atoms with Crippen molar-refractivity contribution < 1.29 is 18.3 Å². The summed E-state index contributed by atoms with van der Waals surface area (Å²) in [5, 5.41) is 13.8. The summed E-state index contributed by atoms with van der Waals surface area (Å²) in [5.74, 6) is -0.485. The van der Waals surface area contributed by atoms with Crippen LogP contribution in [0.4, 0.5) is 0 Å². The Balaban J connectivity index is 1.56. The summed E-state index contributed by atoms with van der Waals surface area (Å²) in [4.78, 5) is 17.4. The van der Waals surface area contributed by atoms with Crippen LogP contribution >= 0.6 is 0 Å². The number of aliphatic hydroxyl groups excluding tert-OH is 1. The second-order valence-electron chi connectivity index (χ2n) is 8.40. The number of hydrogen-bond donors (Lipinski definition) is 2. The van der Waals surface area contributed by atoms with Gasteiger partial charge in [-0.2, -0.15) is 4.31 Å². The van der Waals surface area contributed by atoms with Crippen molar-refractivity contribution in [2.75, 3.05) is 13.1 Å². The fourth-order valence-corrected chi connectivity index (χ4v) is 6.02. The molecular weight excluding hydrogens is 428 g/mol. The summed E-state index contributed by atoms with van der Waals surface area (Å²) in [7, 11) is -2.08. The number of amides is 1. The maximum Gasteiger partial charge on any atom is 0.268 e. The van der Waals surface area contributed by atoms with E-state index in [-0.39, 0.29) is 35.5 Å². The fourth-order valence-electron chi connectivity index (χ4n) is 4.19. The molecule has 32 heavy (non-hydrogen) atoms. The molecule has 1 amide bonds. The van der Waals surface area contributed by atoms with E-state index in [1.807, 2.05) is 37.3 Å². The maximum atomic E-state index is 13.3. The van der Waals surface area contributed by atoms with Crippen LogP contribution in [0.5, 0.6) is 0 Å². The number of carbonyl (C=O) groups excluding carboxylic acids is 1. The van der Waals surface area contributed by atoms with Crippen LogP contribution in [0, 0.1) is 12.8 Å². The predicted molar refractivity (Wildman–Crippen MR) is 122 cm³/mol. The highest BCUT2D eigenvalue weighted by atomic mass is 32.2. The number of nitrogens with zero attached hydrogens (tertiary/aromatic N) is 3. The van der Waals surface area contributed by atoms with Gasteiger partial charge >= 0.3 is 0 Å². The summed E-state index contributed by atoms with van der Waals surface area (Å²) in [6.07, 6.45) is 1.63. The van der Waals surface area contributed by atoms with E-state index in [2.05, 4.69) is 10.3 Å². The van der Waals surface area contributed by atoms with Crippen molar-refractivity contribution in [3.05, 3.63) is 59.5 Å². The van der Waals surface area contributed by atoms with E-state index in [9.17, 15) is 18.3 Å². The van der Waals surface area contributed by atoms with E-state index in [1.54, 1.807) is 24.7 Å². The van der Waals surface area contributed by atoms with Crippen LogP contribution in [-0.4, -0.2) is 52.5 Å². The third kappa shape index (κ3) is 4.03. The average Bonchev–Trinajstić information content (AvgIpc) is 3.09. The van der Waals surface area contributed by atoms with E-state index in [0.29, 0.717) is 18.7 Å². The number of hydrogen-bond acceptors (Lipinski definition) is 5. The lowest BCUT2D eigenvalue weighted by molar-refractivity contribution is 0.0628. The molecule has 170 valence electrons. The van der Waals surface area contributed by atoms with Crippen LogP contribution in [-0.2, 0) is 23.6 Å². The highest BCUT2D eigenvalue weighted by molar-refractivity contribution is 7.89. The zero-order valence-corrected chi connectivity index (χ0v) is 19.3. The maximum absolute atomic E-state index is 13.3. The molecule has 1 aromatic carbocycles. The van der Waals surface area contributed by atoms with Crippen LogP contribution in [0.15, 0.2) is 47.5 Å². The Labute approximate surface area is 187 Å². The predicted octanol–water partition coefficient (Wildman–Crippen LogP) is 2.20. The Hall–Kier alpha value is -2.75. The quantitative estimate of drug-likeness (QED) is 0.613. The minimum Gasteiger partial charge on any atom is -0.393 e. The SMILES string of the molecule is Cc1c(S(=O)(=O)N2CCC(O)[C@@H](C)C2)cc(C(=O)NCc2cccc3ncccc23)n1C. The topological polar surface area (TPSA) is 105 Å². The second-order valence-corrected chi connectivity index (χ2v) is 10.3. The van der Waals surface area contributed by atoms with Crippen LogP contribution in [0.2, 0.25) is 0 Å². The van der Waals surface area contributed by atoms with E-state index in [1.165, 1.54) is 10.4 Å². The Bertz CT molecular complexity index is 1260. The van der Waals surface area contributed by atoms with Crippen LogP contribution in [0.3, 0.4) is 0 Å². The highest BCUT2D eigenvalue weighted by Gasteiger charge is 2.35. The van der Waals surface area contributed by atoms with Gasteiger partial charge in [0.05, 0.1) is 11.6 Å². The van der Waals surface area contributed by atoms with Crippen molar-refractivity contribution in [2.24, 2.45) is 13.0 Å². The standard InChI is InChI=1S/C23H28N4O4S/c1-15-14-27(11-9-21(15)28)32(30,31)22-12-20(26(3)16(22)2)23(29)25-13-17-6-4-8-19-18(17)7-5-10-24-19/h4-8,10,12,15,21,28H,9,11,13-14H2,1-3H3,(H,25,29)/t15-,21?/m0/s1. The molecule has 0 radical (unpaired) electrons. The first-order chi connectivity index (χ1) is 15.2. The number of piperidine rings is 1. The number of aliphatic hydroxyl groups is 1. The van der Waals surface area contributed by atoms with Gasteiger partial charge in [-0.1, -0.05) is 25.1 Å². The molecule has 8 nitrogen and oxygen atoms in total. The van der Waals surface area contributed by atoms with Crippen molar-refractivity contribution in [1.82, 2.24) is 19.2 Å². The molecule has 9 heteroatoms. The summed E-state index contributed by atoms with van der Waals surface area (Å²) in [5.41, 5.74) is 2.57. The molecule has 3 aromatic rings. The largest absolute Gasteiger partial charge is 0.393 e. The smallest absolute Gasteiger partial charge is 0.268 e. The summed E-state index contributed by atoms with van der Waals surface area (Å²) in [6.45, 7) is 4.36. The van der Waals surface area contributed by atoms with Gasteiger partial charge in [-0.25, -0.2) is 8.42 Å². The molecule has 0 aliphatic carbocycles. The van der Waals surface area contributed by atoms with Crippen molar-refractivity contribution >= 4 is 26.8 Å². The lowest BCUT2D eigenvalue weighted by Crippen LogP contribution is -2.44. The van der Waals surface area contributed by atoms with Gasteiger partial charge in [0.2, 0.25) is 10.0 Å². The Morgan fingerprint density at radius 3 is 2.81 bits per heavy atom. The van der Waals surface area contributed by atoms with Crippen molar-refractivity contribution in [1.29, 1.82) is 0 Å². The summed E-state index contributed by atoms with van der Waals surface area (Å²) < 4.78 is 29.5.